The van der Waals surface area contributed by atoms with Gasteiger partial charge in [-0.15, -0.1) is 12.3 Å². The first-order valence-corrected chi connectivity index (χ1v) is 3.97. The smallest absolute Gasteiger partial charge is 0.146 e. The molecule has 0 saturated heterocycles. The van der Waals surface area contributed by atoms with Gasteiger partial charge in [0.05, 0.1) is 6.54 Å². The van der Waals surface area contributed by atoms with Crippen LogP contribution in [0.3, 0.4) is 0 Å². The van der Waals surface area contributed by atoms with E-state index in [1.807, 2.05) is 6.92 Å². The third-order valence-electron chi connectivity index (χ3n) is 1.35. The van der Waals surface area contributed by atoms with E-state index in [1.54, 1.807) is 0 Å². The first-order chi connectivity index (χ1) is 5.31. The van der Waals surface area contributed by atoms with Gasteiger partial charge in [0.25, 0.3) is 0 Å². The molecule has 0 aliphatic carbocycles. The van der Waals surface area contributed by atoms with E-state index in [-0.39, 0.29) is 5.78 Å². The van der Waals surface area contributed by atoms with Gasteiger partial charge in [-0.05, 0) is 13.0 Å². The maximum atomic E-state index is 10.9. The van der Waals surface area contributed by atoms with E-state index in [4.69, 9.17) is 6.42 Å². The molecule has 0 spiro atoms. The van der Waals surface area contributed by atoms with E-state index in [0.29, 0.717) is 19.4 Å². The zero-order valence-corrected chi connectivity index (χ0v) is 7.02. The molecule has 2 nitrogen and oxygen atoms in total. The normalized spacial score (nSPS) is 9.09. The summed E-state index contributed by atoms with van der Waals surface area (Å²) < 4.78 is 0. The highest BCUT2D eigenvalue weighted by atomic mass is 16.1. The van der Waals surface area contributed by atoms with Crippen molar-refractivity contribution in [3.63, 3.8) is 0 Å². The maximum Gasteiger partial charge on any atom is 0.146 e. The molecule has 0 amide bonds. The molecule has 0 aliphatic rings. The lowest BCUT2D eigenvalue weighted by Gasteiger charge is -1.98. The minimum absolute atomic E-state index is 0.252. The lowest BCUT2D eigenvalue weighted by Crippen LogP contribution is -2.22. The quantitative estimate of drug-likeness (QED) is 0.455. The third kappa shape index (κ3) is 7.08. The van der Waals surface area contributed by atoms with Crippen LogP contribution >= 0.6 is 0 Å². The van der Waals surface area contributed by atoms with Crippen LogP contribution in [0.4, 0.5) is 0 Å². The molecule has 0 radical (unpaired) electrons. The third-order valence-corrected chi connectivity index (χ3v) is 1.35. The molecule has 0 aromatic rings. The van der Waals surface area contributed by atoms with Gasteiger partial charge in [-0.25, -0.2) is 0 Å². The first-order valence-electron chi connectivity index (χ1n) is 3.97. The Labute approximate surface area is 68.4 Å². The monoisotopic (exact) mass is 153 g/mol. The summed E-state index contributed by atoms with van der Waals surface area (Å²) in [7, 11) is 0. The second-order valence-electron chi connectivity index (χ2n) is 2.38. The van der Waals surface area contributed by atoms with Crippen LogP contribution in [0.5, 0.6) is 0 Å². The van der Waals surface area contributed by atoms with Gasteiger partial charge in [0.2, 0.25) is 0 Å². The summed E-state index contributed by atoms with van der Waals surface area (Å²) in [5.74, 6) is 2.76. The van der Waals surface area contributed by atoms with Crippen LogP contribution < -0.4 is 5.32 Å². The summed E-state index contributed by atoms with van der Waals surface area (Å²) in [6.07, 6.45) is 7.17. The average Bonchev–Trinajstić information content (AvgIpc) is 2.01. The Bertz CT molecular complexity index is 146. The fourth-order valence-corrected chi connectivity index (χ4v) is 0.740. The molecule has 0 aliphatic heterocycles. The second-order valence-corrected chi connectivity index (χ2v) is 2.38. The standard InChI is InChI=1S/C9H15NO/c1-3-5-6-7-9(11)8-10-4-2/h1,10H,4-8H2,2H3. The fourth-order valence-electron chi connectivity index (χ4n) is 0.740. The molecule has 0 rings (SSSR count). The Morgan fingerprint density at radius 2 is 2.36 bits per heavy atom. The number of rotatable bonds is 6. The van der Waals surface area contributed by atoms with Crippen molar-refractivity contribution in [1.82, 2.24) is 5.32 Å². The van der Waals surface area contributed by atoms with Crippen LogP contribution in [0.15, 0.2) is 0 Å². The highest BCUT2D eigenvalue weighted by Crippen LogP contribution is 1.93. The molecule has 2 heteroatoms. The van der Waals surface area contributed by atoms with Crippen LogP contribution in [-0.2, 0) is 4.79 Å². The fraction of sp³-hybridized carbons (Fsp3) is 0.667. The maximum absolute atomic E-state index is 10.9. The van der Waals surface area contributed by atoms with E-state index in [0.717, 1.165) is 13.0 Å². The van der Waals surface area contributed by atoms with Crippen molar-refractivity contribution in [3.05, 3.63) is 0 Å². The molecular formula is C9H15NO. The number of ketones is 1. The predicted molar refractivity (Wildman–Crippen MR) is 46.2 cm³/mol. The summed E-state index contributed by atoms with van der Waals surface area (Å²) in [5, 5.41) is 2.97. The van der Waals surface area contributed by atoms with Crippen molar-refractivity contribution in [3.8, 4) is 12.3 Å². The summed E-state index contributed by atoms with van der Waals surface area (Å²) >= 11 is 0. The summed E-state index contributed by atoms with van der Waals surface area (Å²) in [5.41, 5.74) is 0. The van der Waals surface area contributed by atoms with Gasteiger partial charge in [-0.2, -0.15) is 0 Å². The summed E-state index contributed by atoms with van der Waals surface area (Å²) in [6.45, 7) is 3.32. The molecule has 0 aromatic heterocycles. The molecule has 0 heterocycles. The van der Waals surface area contributed by atoms with Gasteiger partial charge < -0.3 is 5.32 Å². The van der Waals surface area contributed by atoms with Crippen LogP contribution in [0, 0.1) is 12.3 Å². The van der Waals surface area contributed by atoms with Crippen molar-refractivity contribution in [2.45, 2.75) is 26.2 Å². The molecule has 1 N–H and O–H groups in total. The Morgan fingerprint density at radius 1 is 1.64 bits per heavy atom. The summed E-state index contributed by atoms with van der Waals surface area (Å²) in [4.78, 5) is 10.9. The molecule has 0 atom stereocenters. The lowest BCUT2D eigenvalue weighted by molar-refractivity contribution is -0.118. The van der Waals surface area contributed by atoms with Crippen molar-refractivity contribution < 1.29 is 4.79 Å². The van der Waals surface area contributed by atoms with Gasteiger partial charge in [0.15, 0.2) is 0 Å². The Kier molecular flexibility index (Phi) is 6.76. The number of likely N-dealkylation sites (N-methyl/N-ethyl adjacent to an activating group) is 1. The molecular weight excluding hydrogens is 138 g/mol. The van der Waals surface area contributed by atoms with Crippen molar-refractivity contribution in [1.29, 1.82) is 0 Å². The van der Waals surface area contributed by atoms with Crippen molar-refractivity contribution in [2.75, 3.05) is 13.1 Å². The summed E-state index contributed by atoms with van der Waals surface area (Å²) in [6, 6.07) is 0. The minimum atomic E-state index is 0.252. The van der Waals surface area contributed by atoms with Crippen LogP contribution in [-0.4, -0.2) is 18.9 Å². The zero-order chi connectivity index (χ0) is 8.53. The molecule has 0 fully saturated rings. The van der Waals surface area contributed by atoms with Gasteiger partial charge in [-0.1, -0.05) is 6.92 Å². The average molecular weight is 153 g/mol. The van der Waals surface area contributed by atoms with E-state index in [2.05, 4.69) is 11.2 Å². The molecule has 0 aromatic carbocycles. The second kappa shape index (κ2) is 7.30. The number of terminal acetylenes is 1. The Morgan fingerprint density at radius 3 is 2.91 bits per heavy atom. The highest BCUT2D eigenvalue weighted by Gasteiger charge is 1.98. The van der Waals surface area contributed by atoms with Crippen LogP contribution in [0.2, 0.25) is 0 Å². The van der Waals surface area contributed by atoms with E-state index < -0.39 is 0 Å². The molecule has 11 heavy (non-hydrogen) atoms. The predicted octanol–water partition coefficient (Wildman–Crippen LogP) is 0.969. The Balaban J connectivity index is 3.17. The minimum Gasteiger partial charge on any atom is -0.310 e. The molecule has 0 unspecified atom stereocenters. The number of carbonyl (C=O) groups excluding carboxylic acids is 1. The number of hydrogen-bond donors (Lipinski definition) is 1. The number of nitrogens with one attached hydrogen (secondary N) is 1. The van der Waals surface area contributed by atoms with Crippen molar-refractivity contribution in [2.24, 2.45) is 0 Å². The van der Waals surface area contributed by atoms with Gasteiger partial charge in [0.1, 0.15) is 5.78 Å². The van der Waals surface area contributed by atoms with Crippen LogP contribution in [0.1, 0.15) is 26.2 Å². The largest absolute Gasteiger partial charge is 0.310 e. The first kappa shape index (κ1) is 10.2. The van der Waals surface area contributed by atoms with Gasteiger partial charge in [0, 0.05) is 12.8 Å². The number of Topliss-reactive ketones (excluding diaryl/α,β-unsaturated/α-hetero) is 1. The molecule has 0 saturated carbocycles. The number of carbonyl (C=O) groups is 1. The van der Waals surface area contributed by atoms with E-state index >= 15 is 0 Å². The highest BCUT2D eigenvalue weighted by molar-refractivity contribution is 5.80. The zero-order valence-electron chi connectivity index (χ0n) is 7.02. The van der Waals surface area contributed by atoms with Crippen LogP contribution in [0.25, 0.3) is 0 Å². The topological polar surface area (TPSA) is 29.1 Å². The van der Waals surface area contributed by atoms with Gasteiger partial charge in [-0.3, -0.25) is 4.79 Å². The van der Waals surface area contributed by atoms with E-state index in [1.165, 1.54) is 0 Å². The number of hydrogen-bond acceptors (Lipinski definition) is 2. The van der Waals surface area contributed by atoms with Crippen molar-refractivity contribution >= 4 is 5.78 Å². The number of unbranched alkanes of at least 4 members (excludes halogenated alkanes) is 1. The van der Waals surface area contributed by atoms with Gasteiger partial charge >= 0.3 is 0 Å². The SMILES string of the molecule is C#CCCCC(=O)CNCC. The Hall–Kier alpha value is -0.810. The molecule has 0 bridgehead atoms. The van der Waals surface area contributed by atoms with E-state index in [9.17, 15) is 4.79 Å². The lowest BCUT2D eigenvalue weighted by atomic mass is 10.2. The molecule has 62 valence electrons.